The van der Waals surface area contributed by atoms with E-state index in [2.05, 4.69) is 10.2 Å². The van der Waals surface area contributed by atoms with E-state index in [4.69, 9.17) is 14.2 Å². The Kier molecular flexibility index (Phi) is 7.45. The van der Waals surface area contributed by atoms with Crippen LogP contribution in [0.1, 0.15) is 12.5 Å². The first-order valence-electron chi connectivity index (χ1n) is 9.81. The lowest BCUT2D eigenvalue weighted by molar-refractivity contribution is -0.148. The summed E-state index contributed by atoms with van der Waals surface area (Å²) in [6.45, 7) is 4.67. The van der Waals surface area contributed by atoms with E-state index in [-0.39, 0.29) is 5.91 Å². The zero-order valence-corrected chi connectivity index (χ0v) is 17.2. The Hall–Kier alpha value is -3.32. The first kappa shape index (κ1) is 21.4. The lowest BCUT2D eigenvalue weighted by atomic mass is 10.2. The van der Waals surface area contributed by atoms with Crippen LogP contribution in [0.25, 0.3) is 6.08 Å². The number of amides is 1. The number of rotatable bonds is 7. The van der Waals surface area contributed by atoms with Crippen molar-refractivity contribution >= 4 is 29.3 Å². The number of nitrogens with zero attached hydrogens (tertiary/aromatic N) is 1. The fraction of sp³-hybridized carbons (Fsp3) is 0.304. The number of carbonyl (C=O) groups excluding carboxylic acids is 2. The van der Waals surface area contributed by atoms with Crippen LogP contribution in [0.2, 0.25) is 0 Å². The smallest absolute Gasteiger partial charge is 0.331 e. The van der Waals surface area contributed by atoms with E-state index in [0.29, 0.717) is 18.9 Å². The van der Waals surface area contributed by atoms with Crippen LogP contribution in [0, 0.1) is 0 Å². The molecule has 0 saturated carbocycles. The second-order valence-corrected chi connectivity index (χ2v) is 6.82. The average Bonchev–Trinajstić information content (AvgIpc) is 2.79. The van der Waals surface area contributed by atoms with Gasteiger partial charge in [0.05, 0.1) is 20.3 Å². The monoisotopic (exact) mass is 410 g/mol. The summed E-state index contributed by atoms with van der Waals surface area (Å²) in [6, 6.07) is 14.8. The van der Waals surface area contributed by atoms with E-state index in [0.717, 1.165) is 30.1 Å². The van der Waals surface area contributed by atoms with Crippen molar-refractivity contribution in [1.82, 2.24) is 0 Å². The Balaban J connectivity index is 1.48. The lowest BCUT2D eigenvalue weighted by Crippen LogP contribution is -2.36. The molecule has 158 valence electrons. The van der Waals surface area contributed by atoms with Gasteiger partial charge in [-0.25, -0.2) is 4.79 Å². The molecule has 0 aliphatic carbocycles. The van der Waals surface area contributed by atoms with Crippen LogP contribution in [0.15, 0.2) is 54.6 Å². The molecule has 3 rings (SSSR count). The molecule has 1 saturated heterocycles. The summed E-state index contributed by atoms with van der Waals surface area (Å²) in [5.41, 5.74) is 2.55. The first-order valence-corrected chi connectivity index (χ1v) is 9.81. The number of esters is 1. The Bertz CT molecular complexity index is 871. The van der Waals surface area contributed by atoms with Crippen molar-refractivity contribution in [3.8, 4) is 5.75 Å². The number of ether oxygens (including phenoxy) is 3. The van der Waals surface area contributed by atoms with Crippen LogP contribution in [-0.2, 0) is 19.1 Å². The Morgan fingerprint density at radius 2 is 1.73 bits per heavy atom. The number of carbonyl (C=O) groups is 2. The highest BCUT2D eigenvalue weighted by Gasteiger charge is 2.17. The minimum atomic E-state index is -0.920. The van der Waals surface area contributed by atoms with Gasteiger partial charge in [-0.1, -0.05) is 12.1 Å². The molecule has 30 heavy (non-hydrogen) atoms. The second kappa shape index (κ2) is 10.5. The maximum absolute atomic E-state index is 12.3. The Morgan fingerprint density at radius 3 is 2.37 bits per heavy atom. The van der Waals surface area contributed by atoms with Crippen LogP contribution < -0.4 is 15.0 Å². The molecule has 1 aliphatic rings. The van der Waals surface area contributed by atoms with Gasteiger partial charge in [0.2, 0.25) is 0 Å². The highest BCUT2D eigenvalue weighted by molar-refractivity contribution is 5.96. The summed E-state index contributed by atoms with van der Waals surface area (Å²) in [5, 5.41) is 2.77. The van der Waals surface area contributed by atoms with Crippen LogP contribution in [0.5, 0.6) is 5.75 Å². The molecule has 0 radical (unpaired) electrons. The van der Waals surface area contributed by atoms with Gasteiger partial charge in [-0.15, -0.1) is 0 Å². The lowest BCUT2D eigenvalue weighted by Gasteiger charge is -2.28. The van der Waals surface area contributed by atoms with Gasteiger partial charge in [0.1, 0.15) is 5.75 Å². The average molecular weight is 410 g/mol. The fourth-order valence-electron chi connectivity index (χ4n) is 2.97. The van der Waals surface area contributed by atoms with Gasteiger partial charge in [-0.2, -0.15) is 0 Å². The zero-order chi connectivity index (χ0) is 21.3. The molecule has 1 heterocycles. The number of anilines is 2. The number of methoxy groups -OCH3 is 1. The van der Waals surface area contributed by atoms with E-state index in [1.54, 1.807) is 25.3 Å². The third kappa shape index (κ3) is 6.09. The highest BCUT2D eigenvalue weighted by atomic mass is 16.5. The predicted octanol–water partition coefficient (Wildman–Crippen LogP) is 3.12. The van der Waals surface area contributed by atoms with Crippen molar-refractivity contribution in [2.45, 2.75) is 13.0 Å². The molecule has 1 N–H and O–H groups in total. The molecular formula is C23H26N2O5. The van der Waals surface area contributed by atoms with Crippen molar-refractivity contribution in [1.29, 1.82) is 0 Å². The number of morpholine rings is 1. The van der Waals surface area contributed by atoms with Crippen LogP contribution in [0.3, 0.4) is 0 Å². The zero-order valence-electron chi connectivity index (χ0n) is 17.2. The predicted molar refractivity (Wildman–Crippen MR) is 116 cm³/mol. The van der Waals surface area contributed by atoms with Gasteiger partial charge >= 0.3 is 5.97 Å². The maximum Gasteiger partial charge on any atom is 0.331 e. The molecule has 7 heteroatoms. The normalized spacial score (nSPS) is 14.9. The maximum atomic E-state index is 12.3. The minimum absolute atomic E-state index is 0.389. The third-order valence-electron chi connectivity index (χ3n) is 4.70. The van der Waals surface area contributed by atoms with E-state index < -0.39 is 12.1 Å². The van der Waals surface area contributed by atoms with Crippen LogP contribution in [-0.4, -0.2) is 51.4 Å². The SMILES string of the molecule is COc1ccc(/C=C/C(=O)O[C@H](C)C(=O)Nc2ccc(N3CCOCC3)cc2)cc1. The van der Waals surface area contributed by atoms with Crippen molar-refractivity contribution < 1.29 is 23.8 Å². The third-order valence-corrected chi connectivity index (χ3v) is 4.70. The number of hydrogen-bond donors (Lipinski definition) is 1. The van der Waals surface area contributed by atoms with Gasteiger partial charge < -0.3 is 24.4 Å². The second-order valence-electron chi connectivity index (χ2n) is 6.82. The van der Waals surface area contributed by atoms with Crippen LogP contribution in [0.4, 0.5) is 11.4 Å². The minimum Gasteiger partial charge on any atom is -0.497 e. The Morgan fingerprint density at radius 1 is 1.07 bits per heavy atom. The van der Waals surface area contributed by atoms with Crippen molar-refractivity contribution in [2.24, 2.45) is 0 Å². The topological polar surface area (TPSA) is 77.1 Å². The molecular weight excluding hydrogens is 384 g/mol. The van der Waals surface area contributed by atoms with Crippen LogP contribution >= 0.6 is 0 Å². The first-order chi connectivity index (χ1) is 14.5. The molecule has 1 fully saturated rings. The molecule has 7 nitrogen and oxygen atoms in total. The fourth-order valence-corrected chi connectivity index (χ4v) is 2.97. The molecule has 2 aromatic rings. The highest BCUT2D eigenvalue weighted by Crippen LogP contribution is 2.19. The van der Waals surface area contributed by atoms with E-state index in [1.807, 2.05) is 36.4 Å². The largest absolute Gasteiger partial charge is 0.497 e. The molecule has 0 unspecified atom stereocenters. The summed E-state index contributed by atoms with van der Waals surface area (Å²) in [5.74, 6) is -0.241. The molecule has 0 bridgehead atoms. The van der Waals surface area contributed by atoms with Gasteiger partial charge in [0, 0.05) is 30.5 Å². The van der Waals surface area contributed by atoms with E-state index in [1.165, 1.54) is 13.0 Å². The molecule has 1 amide bonds. The number of benzene rings is 2. The van der Waals surface area contributed by atoms with E-state index in [9.17, 15) is 9.59 Å². The summed E-state index contributed by atoms with van der Waals surface area (Å²) < 4.78 is 15.6. The summed E-state index contributed by atoms with van der Waals surface area (Å²) >= 11 is 0. The summed E-state index contributed by atoms with van der Waals surface area (Å²) in [7, 11) is 1.59. The van der Waals surface area contributed by atoms with Gasteiger partial charge in [0.25, 0.3) is 5.91 Å². The molecule has 0 aromatic heterocycles. The van der Waals surface area contributed by atoms with Gasteiger partial charge in [0.15, 0.2) is 6.10 Å². The van der Waals surface area contributed by atoms with Gasteiger partial charge in [-0.05, 0) is 55.0 Å². The standard InChI is InChI=1S/C23H26N2O5/c1-17(30-22(26)12-5-18-3-10-21(28-2)11-4-18)23(27)24-19-6-8-20(9-7-19)25-13-15-29-16-14-25/h3-12,17H,13-16H2,1-2H3,(H,24,27)/b12-5+/t17-/m1/s1. The van der Waals surface area contributed by atoms with Crippen molar-refractivity contribution in [3.05, 3.63) is 60.2 Å². The number of nitrogens with one attached hydrogen (secondary N) is 1. The summed E-state index contributed by atoms with van der Waals surface area (Å²) in [4.78, 5) is 26.6. The van der Waals surface area contributed by atoms with Crippen molar-refractivity contribution in [3.63, 3.8) is 0 Å². The quantitative estimate of drug-likeness (QED) is 0.558. The van der Waals surface area contributed by atoms with Crippen molar-refractivity contribution in [2.75, 3.05) is 43.6 Å². The summed E-state index contributed by atoms with van der Waals surface area (Å²) in [6.07, 6.45) is 2.00. The Labute approximate surface area is 176 Å². The molecule has 1 atom stereocenters. The van der Waals surface area contributed by atoms with Gasteiger partial charge in [-0.3, -0.25) is 4.79 Å². The molecule has 2 aromatic carbocycles. The molecule has 1 aliphatic heterocycles. The molecule has 0 spiro atoms. The van der Waals surface area contributed by atoms with E-state index >= 15 is 0 Å². The number of hydrogen-bond acceptors (Lipinski definition) is 6.